The smallest absolute Gasteiger partial charge is 0.0991 e. The third kappa shape index (κ3) is 9.24. The van der Waals surface area contributed by atoms with Crippen molar-refractivity contribution in [3.8, 4) is 6.07 Å². The van der Waals surface area contributed by atoms with Crippen LogP contribution in [0.2, 0.25) is 0 Å². The van der Waals surface area contributed by atoms with Gasteiger partial charge >= 0.3 is 0 Å². The monoisotopic (exact) mass is 406 g/mol. The van der Waals surface area contributed by atoms with Gasteiger partial charge in [0.2, 0.25) is 0 Å². The largest absolute Gasteiger partial charge is 0.328 e. The summed E-state index contributed by atoms with van der Waals surface area (Å²) >= 11 is 0. The van der Waals surface area contributed by atoms with Crippen LogP contribution >= 0.6 is 0 Å². The van der Waals surface area contributed by atoms with Crippen LogP contribution in [0.15, 0.2) is 76.5 Å². The van der Waals surface area contributed by atoms with Crippen LogP contribution in [0.25, 0.3) is 0 Å². The Morgan fingerprint density at radius 3 is 2.63 bits per heavy atom. The lowest BCUT2D eigenvalue weighted by Crippen LogP contribution is -2.22. The molecule has 3 N–H and O–H groups in total. The highest BCUT2D eigenvalue weighted by Gasteiger charge is 2.19. The Labute approximate surface area is 183 Å². The van der Waals surface area contributed by atoms with Crippen LogP contribution < -0.4 is 11.2 Å². The fourth-order valence-electron chi connectivity index (χ4n) is 3.68. The maximum atomic E-state index is 9.24. The molecule has 0 amide bonds. The molecule has 2 atom stereocenters. The lowest BCUT2D eigenvalue weighted by molar-refractivity contribution is 0.308. The van der Waals surface area contributed by atoms with Crippen LogP contribution in [0.1, 0.15) is 53.9 Å². The van der Waals surface area contributed by atoms with E-state index in [1.165, 1.54) is 0 Å². The number of nitriles is 1. The van der Waals surface area contributed by atoms with Crippen LogP contribution in [0, 0.1) is 22.7 Å². The van der Waals surface area contributed by atoms with Gasteiger partial charge < -0.3 is 11.2 Å². The highest BCUT2D eigenvalue weighted by atomic mass is 15.3. The average molecular weight is 407 g/mol. The molecule has 1 aliphatic rings. The molecule has 0 aromatic heterocycles. The standard InChI is InChI=1S/C26H38N4/c1-8-9-23(18-27)16-21-10-12-24(19(2)14-21)25(30-29-7)13-11-22(15-20(3)28)17-26(4,5)6/h8-9,11-14,16,20,22,29H,1,10,15,17,28H2,2-7H3/b13-11-,21-16+,23-9+,30-25+. The Balaban J connectivity index is 3.12. The molecule has 1 rings (SSSR count). The number of hydrazone groups is 1. The molecule has 4 heteroatoms. The van der Waals surface area contributed by atoms with Gasteiger partial charge in [0, 0.05) is 18.7 Å². The van der Waals surface area contributed by atoms with Crippen LogP contribution in [-0.4, -0.2) is 18.8 Å². The van der Waals surface area contributed by atoms with Crippen LogP contribution in [0.5, 0.6) is 0 Å². The summed E-state index contributed by atoms with van der Waals surface area (Å²) in [5.74, 6) is 0.401. The molecule has 0 spiro atoms. The SMILES string of the molecule is C=C/C=C(C#N)\C=C1\C=C(C)C(C(/C=C\C(CC(C)N)CC(C)(C)C)=N/NC)=CC1. The van der Waals surface area contributed by atoms with Gasteiger partial charge in [0.15, 0.2) is 0 Å². The first kappa shape index (κ1) is 25.4. The Kier molecular flexibility index (Phi) is 10.3. The Morgan fingerprint density at radius 2 is 2.13 bits per heavy atom. The summed E-state index contributed by atoms with van der Waals surface area (Å²) in [7, 11) is 1.81. The Hall–Kier alpha value is -2.64. The third-order valence-corrected chi connectivity index (χ3v) is 4.72. The van der Waals surface area contributed by atoms with Crippen molar-refractivity contribution in [2.75, 3.05) is 7.05 Å². The van der Waals surface area contributed by atoms with Gasteiger partial charge in [-0.05, 0) is 73.8 Å². The van der Waals surface area contributed by atoms with Gasteiger partial charge in [-0.15, -0.1) is 0 Å². The first-order valence-corrected chi connectivity index (χ1v) is 10.6. The fourth-order valence-corrected chi connectivity index (χ4v) is 3.68. The molecule has 2 unspecified atom stereocenters. The maximum Gasteiger partial charge on any atom is 0.0991 e. The summed E-state index contributed by atoms with van der Waals surface area (Å²) in [5, 5.41) is 13.8. The number of nitrogens with zero attached hydrogens (tertiary/aromatic N) is 2. The summed E-state index contributed by atoms with van der Waals surface area (Å²) in [4.78, 5) is 0. The second kappa shape index (κ2) is 12.1. The van der Waals surface area contributed by atoms with E-state index in [0.29, 0.717) is 11.5 Å². The molecule has 0 fully saturated rings. The van der Waals surface area contributed by atoms with Crippen molar-refractivity contribution in [2.45, 2.75) is 59.9 Å². The van der Waals surface area contributed by atoms with Gasteiger partial charge in [0.1, 0.15) is 0 Å². The van der Waals surface area contributed by atoms with E-state index in [0.717, 1.165) is 41.7 Å². The molecule has 0 aromatic rings. The Bertz CT molecular complexity index is 818. The molecule has 0 aromatic carbocycles. The number of hydrogen-bond donors (Lipinski definition) is 2. The minimum Gasteiger partial charge on any atom is -0.328 e. The lowest BCUT2D eigenvalue weighted by atomic mass is 9.81. The van der Waals surface area contributed by atoms with Crippen molar-refractivity contribution < 1.29 is 0 Å². The summed E-state index contributed by atoms with van der Waals surface area (Å²) in [6.45, 7) is 14.6. The van der Waals surface area contributed by atoms with E-state index in [2.05, 4.69) is 82.1 Å². The number of nitrogens with one attached hydrogen (secondary N) is 1. The van der Waals surface area contributed by atoms with E-state index < -0.39 is 0 Å². The molecule has 0 heterocycles. The van der Waals surface area contributed by atoms with Crippen molar-refractivity contribution in [2.24, 2.45) is 22.2 Å². The molecule has 1 aliphatic carbocycles. The molecular weight excluding hydrogens is 368 g/mol. The fraction of sp³-hybridized carbons (Fsp3) is 0.462. The minimum absolute atomic E-state index is 0.160. The predicted octanol–water partition coefficient (Wildman–Crippen LogP) is 5.75. The van der Waals surface area contributed by atoms with Crippen LogP contribution in [-0.2, 0) is 0 Å². The second-order valence-corrected chi connectivity index (χ2v) is 9.16. The lowest BCUT2D eigenvalue weighted by Gasteiger charge is -2.25. The van der Waals surface area contributed by atoms with Gasteiger partial charge in [0.05, 0.1) is 17.4 Å². The zero-order chi connectivity index (χ0) is 22.7. The number of hydrogen-bond acceptors (Lipinski definition) is 4. The molecule has 0 radical (unpaired) electrons. The number of nitrogens with two attached hydrogens (primary N) is 1. The number of rotatable bonds is 9. The van der Waals surface area contributed by atoms with Crippen LogP contribution in [0.3, 0.4) is 0 Å². The quantitative estimate of drug-likeness (QED) is 0.222. The molecule has 0 bridgehead atoms. The Morgan fingerprint density at radius 1 is 1.43 bits per heavy atom. The van der Waals surface area contributed by atoms with E-state index in [1.54, 1.807) is 12.2 Å². The second-order valence-electron chi connectivity index (χ2n) is 9.16. The maximum absolute atomic E-state index is 9.24. The number of allylic oxidation sites excluding steroid dienone is 11. The van der Waals surface area contributed by atoms with E-state index in [9.17, 15) is 5.26 Å². The van der Waals surface area contributed by atoms with Crippen molar-refractivity contribution in [3.05, 3.63) is 71.4 Å². The molecular formula is C26H38N4. The zero-order valence-electron chi connectivity index (χ0n) is 19.5. The van der Waals surface area contributed by atoms with Gasteiger partial charge in [-0.1, -0.05) is 51.7 Å². The average Bonchev–Trinajstić information content (AvgIpc) is 2.63. The zero-order valence-corrected chi connectivity index (χ0v) is 19.5. The molecule has 0 saturated heterocycles. The molecule has 30 heavy (non-hydrogen) atoms. The molecule has 0 aliphatic heterocycles. The minimum atomic E-state index is 0.160. The first-order chi connectivity index (χ1) is 14.1. The predicted molar refractivity (Wildman–Crippen MR) is 130 cm³/mol. The van der Waals surface area contributed by atoms with Gasteiger partial charge in [-0.2, -0.15) is 10.4 Å². The van der Waals surface area contributed by atoms with E-state index in [1.807, 2.05) is 13.1 Å². The summed E-state index contributed by atoms with van der Waals surface area (Å²) in [6, 6.07) is 2.35. The summed E-state index contributed by atoms with van der Waals surface area (Å²) in [5.41, 5.74) is 14.1. The summed E-state index contributed by atoms with van der Waals surface area (Å²) in [6.07, 6.45) is 16.7. The van der Waals surface area contributed by atoms with E-state index >= 15 is 0 Å². The van der Waals surface area contributed by atoms with Crippen molar-refractivity contribution in [3.63, 3.8) is 0 Å². The van der Waals surface area contributed by atoms with Gasteiger partial charge in [0.25, 0.3) is 0 Å². The highest BCUT2D eigenvalue weighted by molar-refractivity contribution is 6.11. The summed E-state index contributed by atoms with van der Waals surface area (Å²) < 4.78 is 0. The van der Waals surface area contributed by atoms with Gasteiger partial charge in [-0.3, -0.25) is 0 Å². The van der Waals surface area contributed by atoms with E-state index in [4.69, 9.17) is 5.73 Å². The van der Waals surface area contributed by atoms with Gasteiger partial charge in [-0.25, -0.2) is 0 Å². The van der Waals surface area contributed by atoms with Crippen molar-refractivity contribution in [1.29, 1.82) is 5.26 Å². The normalized spacial score (nSPS) is 19.2. The van der Waals surface area contributed by atoms with Crippen LogP contribution in [0.4, 0.5) is 0 Å². The molecule has 162 valence electrons. The van der Waals surface area contributed by atoms with Crippen molar-refractivity contribution in [1.82, 2.24) is 5.43 Å². The molecule has 4 nitrogen and oxygen atoms in total. The van der Waals surface area contributed by atoms with Crippen molar-refractivity contribution >= 4 is 5.71 Å². The first-order valence-electron chi connectivity index (χ1n) is 10.6. The molecule has 0 saturated carbocycles. The third-order valence-electron chi connectivity index (χ3n) is 4.72. The van der Waals surface area contributed by atoms with E-state index in [-0.39, 0.29) is 11.5 Å². The topological polar surface area (TPSA) is 74.2 Å². The highest BCUT2D eigenvalue weighted by Crippen LogP contribution is 2.29.